The molecule has 0 aliphatic heterocycles. The fourth-order valence-electron chi connectivity index (χ4n) is 2.11. The topological polar surface area (TPSA) is 83.7 Å². The summed E-state index contributed by atoms with van der Waals surface area (Å²) in [6.45, 7) is 3.56. The molecule has 0 amide bonds. The van der Waals surface area contributed by atoms with Gasteiger partial charge in [0.05, 0.1) is 6.54 Å². The molecule has 2 aromatic heterocycles. The number of rotatable bonds is 5. The number of hydrogen-bond acceptors (Lipinski definition) is 6. The Hall–Kier alpha value is -2.28. The molecule has 0 unspecified atom stereocenters. The zero-order chi connectivity index (χ0) is 13.9. The van der Waals surface area contributed by atoms with Crippen molar-refractivity contribution in [1.29, 1.82) is 0 Å². The zero-order valence-corrected chi connectivity index (χ0v) is 11.5. The molecule has 1 aromatic carbocycles. The Labute approximate surface area is 116 Å². The van der Waals surface area contributed by atoms with Crippen LogP contribution in [0.1, 0.15) is 24.1 Å². The van der Waals surface area contributed by atoms with Crippen LogP contribution in [0.15, 0.2) is 22.8 Å². The maximum atomic E-state index is 4.70. The van der Waals surface area contributed by atoms with Crippen molar-refractivity contribution in [3.63, 3.8) is 0 Å². The monoisotopic (exact) mass is 272 g/mol. The van der Waals surface area contributed by atoms with Gasteiger partial charge in [0.1, 0.15) is 22.7 Å². The first-order chi connectivity index (χ1) is 9.74. The molecule has 7 heteroatoms. The van der Waals surface area contributed by atoms with Gasteiger partial charge in [-0.15, -0.1) is 0 Å². The molecule has 0 fully saturated rings. The van der Waals surface area contributed by atoms with E-state index in [2.05, 4.69) is 30.4 Å². The minimum atomic E-state index is 0.724. The van der Waals surface area contributed by atoms with Crippen molar-refractivity contribution in [3.8, 4) is 0 Å². The first-order valence-corrected chi connectivity index (χ1v) is 6.54. The molecule has 0 saturated heterocycles. The molecule has 0 saturated carbocycles. The van der Waals surface area contributed by atoms with E-state index in [9.17, 15) is 0 Å². The number of aromatic nitrogens is 5. The molecular weight excluding hydrogens is 256 g/mol. The highest BCUT2D eigenvalue weighted by Crippen LogP contribution is 2.13. The van der Waals surface area contributed by atoms with Crippen molar-refractivity contribution in [3.05, 3.63) is 35.4 Å². The van der Waals surface area contributed by atoms with Crippen LogP contribution >= 0.6 is 0 Å². The van der Waals surface area contributed by atoms with Gasteiger partial charge in [0.2, 0.25) is 0 Å². The predicted octanol–water partition coefficient (Wildman–Crippen LogP) is 1.54. The fourth-order valence-corrected chi connectivity index (χ4v) is 2.11. The number of nitrogens with one attached hydrogen (secondary N) is 1. The molecule has 0 aliphatic rings. The van der Waals surface area contributed by atoms with Crippen molar-refractivity contribution in [2.24, 2.45) is 0 Å². The summed E-state index contributed by atoms with van der Waals surface area (Å²) < 4.78 is 4.70. The normalized spacial score (nSPS) is 11.6. The molecule has 0 radical (unpaired) electrons. The highest BCUT2D eigenvalue weighted by molar-refractivity contribution is 5.73. The third-order valence-electron chi connectivity index (χ3n) is 3.08. The van der Waals surface area contributed by atoms with E-state index >= 15 is 0 Å². The third kappa shape index (κ3) is 2.67. The number of hydrogen-bond donors (Lipinski definition) is 1. The van der Waals surface area contributed by atoms with Crippen LogP contribution in [0.4, 0.5) is 0 Å². The van der Waals surface area contributed by atoms with Gasteiger partial charge in [-0.2, -0.15) is 5.10 Å². The fraction of sp³-hybridized carbons (Fsp3) is 0.385. The summed E-state index contributed by atoms with van der Waals surface area (Å²) in [6, 6.07) is 5.93. The van der Waals surface area contributed by atoms with Crippen LogP contribution in [-0.4, -0.2) is 37.4 Å². The molecule has 0 spiro atoms. The van der Waals surface area contributed by atoms with E-state index in [1.165, 1.54) is 0 Å². The number of fused-ring (bicyclic) bond motifs is 1. The Morgan fingerprint density at radius 1 is 1.20 bits per heavy atom. The Morgan fingerprint density at radius 3 is 2.85 bits per heavy atom. The smallest absolute Gasteiger partial charge is 0.150 e. The number of H-pyrrole nitrogens is 1. The molecule has 7 nitrogen and oxygen atoms in total. The predicted molar refractivity (Wildman–Crippen MR) is 72.7 cm³/mol. The van der Waals surface area contributed by atoms with Crippen molar-refractivity contribution < 1.29 is 4.63 Å². The Kier molecular flexibility index (Phi) is 3.42. The van der Waals surface area contributed by atoms with E-state index in [-0.39, 0.29) is 0 Å². The molecule has 104 valence electrons. The number of benzene rings is 1. The van der Waals surface area contributed by atoms with Crippen molar-refractivity contribution in [2.75, 3.05) is 7.05 Å². The van der Waals surface area contributed by atoms with Crippen LogP contribution in [0.5, 0.6) is 0 Å². The van der Waals surface area contributed by atoms with Gasteiger partial charge in [0.15, 0.2) is 0 Å². The van der Waals surface area contributed by atoms with Crippen LogP contribution in [0.2, 0.25) is 0 Å². The standard InChI is InChI=1S/C13H16N6O/c1-3-12-14-13(16-15-12)8-19(2)7-9-4-5-10-11(6-9)18-20-17-10/h4-6H,3,7-8H2,1-2H3,(H,14,15,16). The molecule has 3 aromatic rings. The van der Waals surface area contributed by atoms with Crippen molar-refractivity contribution >= 4 is 11.0 Å². The molecule has 1 N–H and O–H groups in total. The number of aromatic amines is 1. The second-order valence-electron chi connectivity index (χ2n) is 4.81. The Balaban J connectivity index is 1.66. The SMILES string of the molecule is CCc1n[nH]c(CN(C)Cc2ccc3nonc3c2)n1. The van der Waals surface area contributed by atoms with Crippen molar-refractivity contribution in [2.45, 2.75) is 26.4 Å². The summed E-state index contributed by atoms with van der Waals surface area (Å²) in [6.07, 6.45) is 0.843. The maximum absolute atomic E-state index is 4.70. The Morgan fingerprint density at radius 2 is 2.05 bits per heavy atom. The summed E-state index contributed by atoms with van der Waals surface area (Å²) in [7, 11) is 2.04. The lowest BCUT2D eigenvalue weighted by atomic mass is 10.2. The molecule has 0 atom stereocenters. The molecule has 2 heterocycles. The van der Waals surface area contributed by atoms with E-state index in [0.717, 1.165) is 47.8 Å². The summed E-state index contributed by atoms with van der Waals surface area (Å²) in [5.41, 5.74) is 2.72. The van der Waals surface area contributed by atoms with Gasteiger partial charge in [-0.1, -0.05) is 13.0 Å². The molecule has 0 aliphatic carbocycles. The maximum Gasteiger partial charge on any atom is 0.150 e. The quantitative estimate of drug-likeness (QED) is 0.758. The first kappa shape index (κ1) is 12.7. The molecule has 3 rings (SSSR count). The van der Waals surface area contributed by atoms with Gasteiger partial charge in [-0.3, -0.25) is 10.00 Å². The Bertz CT molecular complexity index is 704. The van der Waals surface area contributed by atoms with E-state index in [1.807, 2.05) is 32.2 Å². The van der Waals surface area contributed by atoms with Gasteiger partial charge >= 0.3 is 0 Å². The van der Waals surface area contributed by atoms with Gasteiger partial charge in [0.25, 0.3) is 0 Å². The lowest BCUT2D eigenvalue weighted by Crippen LogP contribution is -2.18. The highest BCUT2D eigenvalue weighted by atomic mass is 16.6. The lowest BCUT2D eigenvalue weighted by Gasteiger charge is -2.14. The second kappa shape index (κ2) is 5.38. The van der Waals surface area contributed by atoms with Gasteiger partial charge in [-0.25, -0.2) is 9.61 Å². The van der Waals surface area contributed by atoms with Gasteiger partial charge in [-0.05, 0) is 35.1 Å². The largest absolute Gasteiger partial charge is 0.295 e. The summed E-state index contributed by atoms with van der Waals surface area (Å²) in [4.78, 5) is 6.57. The van der Waals surface area contributed by atoms with E-state index in [1.54, 1.807) is 0 Å². The average Bonchev–Trinajstić information content (AvgIpc) is 3.06. The van der Waals surface area contributed by atoms with Crippen LogP contribution in [-0.2, 0) is 19.5 Å². The zero-order valence-electron chi connectivity index (χ0n) is 11.5. The van der Waals surface area contributed by atoms with E-state index < -0.39 is 0 Å². The molecule has 0 bridgehead atoms. The van der Waals surface area contributed by atoms with E-state index in [0.29, 0.717) is 0 Å². The van der Waals surface area contributed by atoms with Crippen LogP contribution < -0.4 is 0 Å². The van der Waals surface area contributed by atoms with Crippen LogP contribution in [0, 0.1) is 0 Å². The molecular formula is C13H16N6O. The van der Waals surface area contributed by atoms with Crippen LogP contribution in [0.25, 0.3) is 11.0 Å². The summed E-state index contributed by atoms with van der Waals surface area (Å²) in [5.74, 6) is 1.73. The second-order valence-corrected chi connectivity index (χ2v) is 4.81. The minimum Gasteiger partial charge on any atom is -0.295 e. The van der Waals surface area contributed by atoms with Gasteiger partial charge < -0.3 is 0 Å². The third-order valence-corrected chi connectivity index (χ3v) is 3.08. The number of nitrogens with zero attached hydrogens (tertiary/aromatic N) is 5. The lowest BCUT2D eigenvalue weighted by molar-refractivity contribution is 0.310. The summed E-state index contributed by atoms with van der Waals surface area (Å²) in [5, 5.41) is 14.7. The van der Waals surface area contributed by atoms with Gasteiger partial charge in [0, 0.05) is 13.0 Å². The average molecular weight is 272 g/mol. The van der Waals surface area contributed by atoms with Crippen LogP contribution in [0.3, 0.4) is 0 Å². The summed E-state index contributed by atoms with van der Waals surface area (Å²) >= 11 is 0. The van der Waals surface area contributed by atoms with Crippen molar-refractivity contribution in [1.82, 2.24) is 30.4 Å². The van der Waals surface area contributed by atoms with E-state index in [4.69, 9.17) is 4.63 Å². The highest BCUT2D eigenvalue weighted by Gasteiger charge is 2.07. The number of aryl methyl sites for hydroxylation is 1. The molecule has 20 heavy (non-hydrogen) atoms. The minimum absolute atomic E-state index is 0.724. The first-order valence-electron chi connectivity index (χ1n) is 6.54.